The van der Waals surface area contributed by atoms with Crippen LogP contribution in [-0.2, 0) is 42.1 Å². The summed E-state index contributed by atoms with van der Waals surface area (Å²) in [5.74, 6) is 5.18. The minimum atomic E-state index is -4.72. The molecule has 4 aliphatic rings. The van der Waals surface area contributed by atoms with Crippen molar-refractivity contribution in [3.8, 4) is 23.1 Å². The van der Waals surface area contributed by atoms with Crippen molar-refractivity contribution in [1.82, 2.24) is 34.3 Å². The van der Waals surface area contributed by atoms with Crippen LogP contribution in [0.5, 0.6) is 0 Å². The van der Waals surface area contributed by atoms with Crippen LogP contribution in [0.4, 0.5) is 19.1 Å². The van der Waals surface area contributed by atoms with Gasteiger partial charge in [0, 0.05) is 74.3 Å². The van der Waals surface area contributed by atoms with Crippen LogP contribution in [0.3, 0.4) is 0 Å². The lowest BCUT2D eigenvalue weighted by atomic mass is 9.81. The van der Waals surface area contributed by atoms with E-state index < -0.39 is 27.6 Å². The summed E-state index contributed by atoms with van der Waals surface area (Å²) in [5.41, 5.74) is -0.764. The maximum atomic E-state index is 13.9. The Hall–Kier alpha value is -5.23. The van der Waals surface area contributed by atoms with E-state index in [1.807, 2.05) is 29.2 Å². The first kappa shape index (κ1) is 46.8. The third-order valence-electron chi connectivity index (χ3n) is 12.1. The number of halogens is 3. The van der Waals surface area contributed by atoms with Crippen LogP contribution in [0.1, 0.15) is 101 Å². The zero-order valence-electron chi connectivity index (χ0n) is 35.9. The highest BCUT2D eigenvalue weighted by Gasteiger charge is 2.37. The molecule has 7 rings (SSSR count). The molecule has 0 bridgehead atoms. The Balaban J connectivity index is 0.809. The number of benzene rings is 1. The van der Waals surface area contributed by atoms with Crippen LogP contribution < -0.4 is 10.6 Å². The summed E-state index contributed by atoms with van der Waals surface area (Å²) in [6.07, 6.45) is 5.66. The van der Waals surface area contributed by atoms with Crippen LogP contribution >= 0.6 is 0 Å². The molecular weight excluding hydrogens is 856 g/mol. The second kappa shape index (κ2) is 19.9. The number of amides is 3. The molecule has 3 aliphatic heterocycles. The molecule has 1 aliphatic carbocycles. The van der Waals surface area contributed by atoms with Gasteiger partial charge in [0.05, 0.1) is 36.1 Å². The van der Waals surface area contributed by atoms with Crippen molar-refractivity contribution >= 4 is 40.1 Å². The summed E-state index contributed by atoms with van der Waals surface area (Å²) in [6, 6.07) is 7.14. The highest BCUT2D eigenvalue weighted by Crippen LogP contribution is 2.37. The van der Waals surface area contributed by atoms with Crippen LogP contribution in [0.25, 0.3) is 11.3 Å². The topological polar surface area (TPSA) is 201 Å². The van der Waals surface area contributed by atoms with Crippen molar-refractivity contribution in [3.63, 3.8) is 0 Å². The van der Waals surface area contributed by atoms with Gasteiger partial charge in [-0.3, -0.25) is 24.4 Å². The number of alkyl halides is 3. The average molecular weight is 910 g/mol. The van der Waals surface area contributed by atoms with Crippen molar-refractivity contribution in [2.45, 2.75) is 114 Å². The molecule has 1 saturated carbocycles. The number of piperidine rings is 3. The number of likely N-dealkylation sites (tertiary alicyclic amines) is 1. The van der Waals surface area contributed by atoms with Crippen molar-refractivity contribution in [1.29, 1.82) is 0 Å². The standard InChI is InChI=1S/C44H54F3N9O7S/c1-43(2,60)28-55-27-33(25-49-55)39-37(44(45,46)47)26-48-42(53-39)51-34-15-21-56(22-16-34)64(61,62)50-24-30-7-11-32(12-8-30)41(59)54-19-17-35(18-20-54)63-23-3-4-29-5-9-31(10-6-29)36-13-14-38(57)52-40(36)58/h5-6,9-10,24-27,30,32,34-36,60H,7-8,11-23,28H2,1-2H3,(H,48,51,53)(H,52,57,58)/b50-24+. The summed E-state index contributed by atoms with van der Waals surface area (Å²) in [6.45, 7) is 4.93. The Bertz CT molecular complexity index is 2350. The SMILES string of the molecule is CC(C)(O)Cn1cc(-c2nc(NC3CCN(S(=O)(=O)/N=C/C4CCC(C(=O)N5CCC(OCC#Cc6ccc(C7CCC(=O)NC7=O)cc6)CC5)CC4)CC3)ncc2C(F)(F)F)cn1. The number of rotatable bonds is 12. The number of aliphatic hydroxyl groups is 1. The molecule has 3 N–H and O–H groups in total. The number of carbonyl (C=O) groups excluding carboxylic acids is 3. The van der Waals surface area contributed by atoms with E-state index in [1.165, 1.54) is 27.6 Å². The molecule has 1 aromatic carbocycles. The molecule has 0 spiro atoms. The number of carbonyl (C=O) groups is 3. The molecule has 0 radical (unpaired) electrons. The highest BCUT2D eigenvalue weighted by atomic mass is 32.2. The fraction of sp³-hybridized carbons (Fsp3) is 0.568. The molecule has 20 heteroatoms. The largest absolute Gasteiger partial charge is 0.419 e. The first-order chi connectivity index (χ1) is 30.4. The van der Waals surface area contributed by atoms with Gasteiger partial charge in [0.1, 0.15) is 12.2 Å². The molecule has 3 aromatic rings. The van der Waals surface area contributed by atoms with Gasteiger partial charge in [0.25, 0.3) is 0 Å². The minimum Gasteiger partial charge on any atom is -0.389 e. The zero-order chi connectivity index (χ0) is 45.6. The second-order valence-electron chi connectivity index (χ2n) is 17.6. The van der Waals surface area contributed by atoms with Crippen molar-refractivity contribution in [2.75, 3.05) is 38.1 Å². The van der Waals surface area contributed by atoms with Crippen LogP contribution in [0.15, 0.2) is 47.3 Å². The van der Waals surface area contributed by atoms with Crippen molar-refractivity contribution in [3.05, 3.63) is 59.5 Å². The van der Waals surface area contributed by atoms with E-state index in [-0.39, 0.29) is 91.1 Å². The number of ether oxygens (including phenoxy) is 1. The molecule has 4 fully saturated rings. The van der Waals surface area contributed by atoms with Gasteiger partial charge in [0.2, 0.25) is 23.7 Å². The maximum absolute atomic E-state index is 13.9. The first-order valence-corrected chi connectivity index (χ1v) is 23.1. The Morgan fingerprint density at radius 2 is 1.70 bits per heavy atom. The number of nitrogens with one attached hydrogen (secondary N) is 2. The molecule has 64 heavy (non-hydrogen) atoms. The Morgan fingerprint density at radius 1 is 1.00 bits per heavy atom. The summed E-state index contributed by atoms with van der Waals surface area (Å²) >= 11 is 0. The van der Waals surface area contributed by atoms with Gasteiger partial charge in [-0.05, 0) is 95.2 Å². The fourth-order valence-corrected chi connectivity index (χ4v) is 9.75. The Morgan fingerprint density at radius 3 is 2.36 bits per heavy atom. The van der Waals surface area contributed by atoms with Gasteiger partial charge in [-0.1, -0.05) is 24.0 Å². The first-order valence-electron chi connectivity index (χ1n) is 21.7. The van der Waals surface area contributed by atoms with E-state index in [2.05, 4.69) is 41.9 Å². The van der Waals surface area contributed by atoms with Crippen LogP contribution in [0, 0.1) is 23.7 Å². The molecule has 5 heterocycles. The molecule has 3 saturated heterocycles. The molecule has 344 valence electrons. The van der Waals surface area contributed by atoms with E-state index in [0.29, 0.717) is 83.5 Å². The van der Waals surface area contributed by atoms with E-state index in [9.17, 15) is 41.1 Å². The second-order valence-corrected chi connectivity index (χ2v) is 19.2. The number of aromatic nitrogens is 4. The monoisotopic (exact) mass is 909 g/mol. The van der Waals surface area contributed by atoms with Gasteiger partial charge in [-0.25, -0.2) is 9.97 Å². The number of anilines is 1. The lowest BCUT2D eigenvalue weighted by Gasteiger charge is -2.35. The van der Waals surface area contributed by atoms with Gasteiger partial charge in [0.15, 0.2) is 0 Å². The number of hydrogen-bond donors (Lipinski definition) is 3. The minimum absolute atomic E-state index is 0.000149. The predicted octanol–water partition coefficient (Wildman–Crippen LogP) is 4.71. The molecular formula is C44H54F3N9O7S. The maximum Gasteiger partial charge on any atom is 0.419 e. The third-order valence-corrected chi connectivity index (χ3v) is 13.5. The van der Waals surface area contributed by atoms with Crippen LogP contribution in [-0.4, -0.2) is 117 Å². The molecule has 3 amide bonds. The summed E-state index contributed by atoms with van der Waals surface area (Å²) in [4.78, 5) is 47.0. The smallest absolute Gasteiger partial charge is 0.389 e. The van der Waals surface area contributed by atoms with Crippen molar-refractivity contribution < 1.29 is 45.8 Å². The lowest BCUT2D eigenvalue weighted by molar-refractivity contribution is -0.139. The lowest BCUT2D eigenvalue weighted by Crippen LogP contribution is -2.44. The van der Waals surface area contributed by atoms with Gasteiger partial charge in [-0.2, -0.15) is 35.4 Å². The number of nitrogens with zero attached hydrogens (tertiary/aromatic N) is 7. The van der Waals surface area contributed by atoms with E-state index in [0.717, 1.165) is 11.1 Å². The molecule has 1 atom stereocenters. The summed E-state index contributed by atoms with van der Waals surface area (Å²) in [7, 11) is -3.96. The molecule has 2 aromatic heterocycles. The zero-order valence-corrected chi connectivity index (χ0v) is 36.7. The fourth-order valence-electron chi connectivity index (χ4n) is 8.62. The molecule has 1 unspecified atom stereocenters. The normalized spacial score (nSPS) is 22.3. The van der Waals surface area contributed by atoms with E-state index in [4.69, 9.17) is 4.74 Å². The Kier molecular flexibility index (Phi) is 14.5. The highest BCUT2D eigenvalue weighted by molar-refractivity contribution is 7.87. The van der Waals surface area contributed by atoms with Crippen molar-refractivity contribution in [2.24, 2.45) is 16.2 Å². The van der Waals surface area contributed by atoms with E-state index >= 15 is 0 Å². The summed E-state index contributed by atoms with van der Waals surface area (Å²) < 4.78 is 80.8. The quantitative estimate of drug-likeness (QED) is 0.129. The number of hydrogen-bond acceptors (Lipinski definition) is 11. The third kappa shape index (κ3) is 12.3. The number of imide groups is 1. The molecule has 16 nitrogen and oxygen atoms in total. The van der Waals surface area contributed by atoms with Gasteiger partial charge >= 0.3 is 16.4 Å². The van der Waals surface area contributed by atoms with Gasteiger partial charge < -0.3 is 20.1 Å². The summed E-state index contributed by atoms with van der Waals surface area (Å²) in [5, 5.41) is 19.6. The predicted molar refractivity (Wildman–Crippen MR) is 230 cm³/mol. The van der Waals surface area contributed by atoms with Gasteiger partial charge in [-0.15, -0.1) is 0 Å². The average Bonchev–Trinajstić information content (AvgIpc) is 3.72. The van der Waals surface area contributed by atoms with E-state index in [1.54, 1.807) is 13.8 Å². The Labute approximate surface area is 370 Å². The van der Waals surface area contributed by atoms with Crippen LogP contribution in [0.2, 0.25) is 0 Å².